The molecule has 9 heteroatoms. The number of hydrogen-bond acceptors (Lipinski definition) is 5. The third-order valence-electron chi connectivity index (χ3n) is 4.41. The number of halogens is 1. The van der Waals surface area contributed by atoms with Crippen molar-refractivity contribution in [1.29, 1.82) is 0 Å². The number of nitrogens with one attached hydrogen (secondary N) is 3. The Morgan fingerprint density at radius 2 is 2.00 bits per heavy atom. The van der Waals surface area contributed by atoms with Gasteiger partial charge in [0, 0.05) is 45.2 Å². The first-order valence-electron chi connectivity index (χ1n) is 9.82. The fourth-order valence-electron chi connectivity index (χ4n) is 2.87. The predicted octanol–water partition coefficient (Wildman–Crippen LogP) is 0.302. The molecule has 4 N–H and O–H groups in total. The number of β-amino-alcohol motifs (C(OH)–C–C–N with tert-alkyl or cyclic N) is 1. The predicted molar refractivity (Wildman–Crippen MR) is 118 cm³/mol. The molecule has 8 nitrogen and oxygen atoms in total. The highest BCUT2D eigenvalue weighted by atomic mass is 127. The molecule has 0 radical (unpaired) electrons. The maximum Gasteiger partial charge on any atom is 0.220 e. The Labute approximate surface area is 179 Å². The SMILES string of the molecule is CCNC(=NCC(C)(O)CN1CCOCC1)NCCCC(=O)NC1CC1.I. The van der Waals surface area contributed by atoms with Crippen LogP contribution in [0.2, 0.25) is 0 Å². The Kier molecular flexibility index (Phi) is 11.5. The topological polar surface area (TPSA) is 98.2 Å². The molecule has 0 spiro atoms. The van der Waals surface area contributed by atoms with E-state index >= 15 is 0 Å². The summed E-state index contributed by atoms with van der Waals surface area (Å²) in [5.41, 5.74) is -0.885. The van der Waals surface area contributed by atoms with Crippen LogP contribution in [0, 0.1) is 0 Å². The molecule has 1 atom stereocenters. The second-order valence-electron chi connectivity index (χ2n) is 7.45. The molecule has 2 fully saturated rings. The third kappa shape index (κ3) is 11.1. The summed E-state index contributed by atoms with van der Waals surface area (Å²) in [6.45, 7) is 9.29. The Balaban J connectivity index is 0.00000364. The maximum atomic E-state index is 11.7. The molecule has 0 aromatic carbocycles. The highest BCUT2D eigenvalue weighted by Gasteiger charge is 2.25. The molecule has 27 heavy (non-hydrogen) atoms. The van der Waals surface area contributed by atoms with Crippen LogP contribution in [0.5, 0.6) is 0 Å². The van der Waals surface area contributed by atoms with Gasteiger partial charge in [-0.05, 0) is 33.1 Å². The number of aliphatic hydroxyl groups is 1. The second kappa shape index (κ2) is 12.7. The minimum atomic E-state index is -0.885. The molecule has 0 aromatic rings. The van der Waals surface area contributed by atoms with E-state index in [0.717, 1.165) is 52.1 Å². The van der Waals surface area contributed by atoms with Crippen molar-refractivity contribution >= 4 is 35.8 Å². The number of carbonyl (C=O) groups is 1. The zero-order valence-corrected chi connectivity index (χ0v) is 19.0. The number of nitrogens with zero attached hydrogens (tertiary/aromatic N) is 2. The highest BCUT2D eigenvalue weighted by molar-refractivity contribution is 14.0. The second-order valence-corrected chi connectivity index (χ2v) is 7.45. The van der Waals surface area contributed by atoms with E-state index in [1.807, 2.05) is 13.8 Å². The van der Waals surface area contributed by atoms with Crippen LogP contribution >= 0.6 is 24.0 Å². The van der Waals surface area contributed by atoms with E-state index in [1.165, 1.54) is 0 Å². The summed E-state index contributed by atoms with van der Waals surface area (Å²) in [6.07, 6.45) is 3.52. The van der Waals surface area contributed by atoms with Gasteiger partial charge in [-0.1, -0.05) is 0 Å². The molecule has 1 saturated heterocycles. The number of ether oxygens (including phenoxy) is 1. The van der Waals surface area contributed by atoms with Crippen molar-refractivity contribution < 1.29 is 14.6 Å². The Morgan fingerprint density at radius 3 is 2.63 bits per heavy atom. The Bertz CT molecular complexity index is 466. The minimum Gasteiger partial charge on any atom is -0.387 e. The number of morpholine rings is 1. The van der Waals surface area contributed by atoms with Crippen molar-refractivity contribution in [2.75, 3.05) is 52.5 Å². The average molecular weight is 497 g/mol. The molecule has 158 valence electrons. The van der Waals surface area contributed by atoms with Gasteiger partial charge in [0.25, 0.3) is 0 Å². The van der Waals surface area contributed by atoms with Gasteiger partial charge in [0.2, 0.25) is 5.91 Å². The number of aliphatic imine (C=N–C) groups is 1. The van der Waals surface area contributed by atoms with Crippen molar-refractivity contribution in [3.05, 3.63) is 0 Å². The number of amides is 1. The molecule has 1 aliphatic carbocycles. The van der Waals surface area contributed by atoms with E-state index in [1.54, 1.807) is 0 Å². The van der Waals surface area contributed by atoms with Crippen LogP contribution in [0.15, 0.2) is 4.99 Å². The van der Waals surface area contributed by atoms with Crippen molar-refractivity contribution in [3.63, 3.8) is 0 Å². The first-order chi connectivity index (χ1) is 12.5. The van der Waals surface area contributed by atoms with Crippen LogP contribution in [-0.4, -0.2) is 86.0 Å². The van der Waals surface area contributed by atoms with Gasteiger partial charge in [-0.2, -0.15) is 0 Å². The van der Waals surface area contributed by atoms with Gasteiger partial charge in [0.15, 0.2) is 5.96 Å². The van der Waals surface area contributed by atoms with Crippen LogP contribution in [0.3, 0.4) is 0 Å². The number of carbonyl (C=O) groups excluding carboxylic acids is 1. The van der Waals surface area contributed by atoms with Crippen LogP contribution in [0.1, 0.15) is 39.5 Å². The lowest BCUT2D eigenvalue weighted by molar-refractivity contribution is -0.121. The zero-order chi connectivity index (χ0) is 18.8. The van der Waals surface area contributed by atoms with Gasteiger partial charge in [-0.25, -0.2) is 0 Å². The normalized spacial score (nSPS) is 20.3. The largest absolute Gasteiger partial charge is 0.387 e. The third-order valence-corrected chi connectivity index (χ3v) is 4.41. The minimum absolute atomic E-state index is 0. The fourth-order valence-corrected chi connectivity index (χ4v) is 2.87. The van der Waals surface area contributed by atoms with Gasteiger partial charge in [0.1, 0.15) is 0 Å². The van der Waals surface area contributed by atoms with Crippen molar-refractivity contribution in [2.45, 2.75) is 51.2 Å². The van der Waals surface area contributed by atoms with E-state index < -0.39 is 5.60 Å². The van der Waals surface area contributed by atoms with E-state index in [0.29, 0.717) is 38.1 Å². The Hall–Kier alpha value is -0.650. The summed E-state index contributed by atoms with van der Waals surface area (Å²) >= 11 is 0. The summed E-state index contributed by atoms with van der Waals surface area (Å²) in [7, 11) is 0. The quantitative estimate of drug-likeness (QED) is 0.150. The molecule has 1 aliphatic heterocycles. The summed E-state index contributed by atoms with van der Waals surface area (Å²) < 4.78 is 5.34. The summed E-state index contributed by atoms with van der Waals surface area (Å²) in [5.74, 6) is 0.807. The lowest BCUT2D eigenvalue weighted by atomic mass is 10.1. The van der Waals surface area contributed by atoms with E-state index in [4.69, 9.17) is 4.74 Å². The molecule has 1 unspecified atom stereocenters. The first-order valence-corrected chi connectivity index (χ1v) is 9.82. The first kappa shape index (κ1) is 24.4. The molecule has 1 saturated carbocycles. The van der Waals surface area contributed by atoms with E-state index in [2.05, 4.69) is 25.8 Å². The lowest BCUT2D eigenvalue weighted by Crippen LogP contribution is -2.48. The van der Waals surface area contributed by atoms with Gasteiger partial charge in [-0.3, -0.25) is 14.7 Å². The monoisotopic (exact) mass is 497 g/mol. The zero-order valence-electron chi connectivity index (χ0n) is 16.6. The van der Waals surface area contributed by atoms with Crippen LogP contribution in [0.25, 0.3) is 0 Å². The van der Waals surface area contributed by atoms with Crippen LogP contribution in [0.4, 0.5) is 0 Å². The van der Waals surface area contributed by atoms with Gasteiger partial charge >= 0.3 is 0 Å². The van der Waals surface area contributed by atoms with Crippen molar-refractivity contribution in [2.24, 2.45) is 4.99 Å². The number of guanidine groups is 1. The number of hydrogen-bond donors (Lipinski definition) is 4. The molecule has 1 amide bonds. The fraction of sp³-hybridized carbons (Fsp3) is 0.889. The summed E-state index contributed by atoms with van der Waals surface area (Å²) in [5, 5.41) is 20.0. The smallest absolute Gasteiger partial charge is 0.220 e. The number of rotatable bonds is 10. The average Bonchev–Trinajstić information content (AvgIpc) is 3.41. The summed E-state index contributed by atoms with van der Waals surface area (Å²) in [4.78, 5) is 18.4. The van der Waals surface area contributed by atoms with Gasteiger partial charge in [-0.15, -0.1) is 24.0 Å². The standard InChI is InChI=1S/C18H35N5O3.HI/c1-3-19-17(20-8-4-5-16(24)22-15-6-7-15)21-13-18(2,25)14-23-9-11-26-12-10-23;/h15,25H,3-14H2,1-2H3,(H,22,24)(H2,19,20,21);1H. The highest BCUT2D eigenvalue weighted by Crippen LogP contribution is 2.18. The van der Waals surface area contributed by atoms with Gasteiger partial charge in [0.05, 0.1) is 25.4 Å². The molecule has 1 heterocycles. The molecule has 2 rings (SSSR count). The molecule has 2 aliphatic rings. The lowest BCUT2D eigenvalue weighted by Gasteiger charge is -2.33. The van der Waals surface area contributed by atoms with Crippen molar-refractivity contribution in [1.82, 2.24) is 20.9 Å². The van der Waals surface area contributed by atoms with Crippen molar-refractivity contribution in [3.8, 4) is 0 Å². The van der Waals surface area contributed by atoms with Crippen LogP contribution in [-0.2, 0) is 9.53 Å². The van der Waals surface area contributed by atoms with Crippen LogP contribution < -0.4 is 16.0 Å². The molecular formula is C18H36IN5O3. The van der Waals surface area contributed by atoms with E-state index in [-0.39, 0.29) is 29.9 Å². The van der Waals surface area contributed by atoms with E-state index in [9.17, 15) is 9.90 Å². The summed E-state index contributed by atoms with van der Waals surface area (Å²) in [6, 6.07) is 0.419. The Morgan fingerprint density at radius 1 is 1.30 bits per heavy atom. The molecule has 0 aromatic heterocycles. The molecule has 0 bridgehead atoms. The molecular weight excluding hydrogens is 461 g/mol. The maximum absolute atomic E-state index is 11.7. The van der Waals surface area contributed by atoms with Gasteiger partial charge < -0.3 is 25.8 Å².